The average Bonchev–Trinajstić information content (AvgIpc) is 3.90. The molecule has 0 saturated heterocycles. The monoisotopic (exact) mass is 753 g/mol. The second kappa shape index (κ2) is 12.5. The van der Waals surface area contributed by atoms with Gasteiger partial charge in [0.15, 0.2) is 10.9 Å². The van der Waals surface area contributed by atoms with Gasteiger partial charge in [-0.3, -0.25) is 14.2 Å². The minimum atomic E-state index is -0.0951. The smallest absolute Gasteiger partial charge is 0.197 e. The largest absolute Gasteiger partial charge is 0.457 e. The molecule has 58 heavy (non-hydrogen) atoms. The van der Waals surface area contributed by atoms with E-state index in [0.717, 1.165) is 55.5 Å². The Kier molecular flexibility index (Phi) is 7.25. The van der Waals surface area contributed by atoms with Crippen LogP contribution in [0.5, 0.6) is 11.5 Å². The number of para-hydroxylation sites is 2. The van der Waals surface area contributed by atoms with Gasteiger partial charge in [0.1, 0.15) is 17.3 Å². The third-order valence-corrected chi connectivity index (χ3v) is 11.3. The second-order valence-electron chi connectivity index (χ2n) is 15.9. The number of ether oxygens (including phenoxy) is 1. The SMILES string of the molecule is CC(C)(C)c1ccnc(-n2c3ccc(-c4cc5c(=O)c6ccccc6n6c7ccccc7c(=O)c(c4)c56)cc3c3ccc(Oc4cccc(-n5cccn5)c4)cc32)c1. The van der Waals surface area contributed by atoms with Crippen LogP contribution >= 0.6 is 0 Å². The van der Waals surface area contributed by atoms with E-state index >= 15 is 0 Å². The van der Waals surface area contributed by atoms with Crippen LogP contribution < -0.4 is 15.6 Å². The van der Waals surface area contributed by atoms with Crippen molar-refractivity contribution in [2.45, 2.75) is 26.2 Å². The Bertz CT molecular complexity index is 3470. The van der Waals surface area contributed by atoms with Crippen molar-refractivity contribution >= 4 is 59.9 Å². The Morgan fingerprint density at radius 1 is 0.534 bits per heavy atom. The summed E-state index contributed by atoms with van der Waals surface area (Å²) >= 11 is 0. The minimum Gasteiger partial charge on any atom is -0.457 e. The molecule has 5 heterocycles. The molecule has 0 aliphatic rings. The van der Waals surface area contributed by atoms with Crippen LogP contribution in [0, 0.1) is 0 Å². The molecule has 0 amide bonds. The number of fused-ring (bicyclic) bond motifs is 7. The van der Waals surface area contributed by atoms with E-state index in [0.29, 0.717) is 38.6 Å². The summed E-state index contributed by atoms with van der Waals surface area (Å²) in [7, 11) is 0. The van der Waals surface area contributed by atoms with Crippen LogP contribution in [0.25, 0.3) is 82.5 Å². The predicted molar refractivity (Wildman–Crippen MR) is 234 cm³/mol. The van der Waals surface area contributed by atoms with Crippen molar-refractivity contribution in [3.63, 3.8) is 0 Å². The van der Waals surface area contributed by atoms with Crippen LogP contribution in [0.4, 0.5) is 0 Å². The Balaban J connectivity index is 1.14. The minimum absolute atomic E-state index is 0.0876. The van der Waals surface area contributed by atoms with Crippen LogP contribution in [-0.4, -0.2) is 23.7 Å². The number of nitrogens with zero attached hydrogens (tertiary/aromatic N) is 5. The summed E-state index contributed by atoms with van der Waals surface area (Å²) in [6.07, 6.45) is 5.52. The van der Waals surface area contributed by atoms with Gasteiger partial charge >= 0.3 is 0 Å². The number of rotatable bonds is 5. The van der Waals surface area contributed by atoms with Crippen molar-refractivity contribution in [2.75, 3.05) is 0 Å². The van der Waals surface area contributed by atoms with E-state index in [1.54, 1.807) is 10.9 Å². The first-order chi connectivity index (χ1) is 28.2. The lowest BCUT2D eigenvalue weighted by Crippen LogP contribution is -2.14. The highest BCUT2D eigenvalue weighted by Crippen LogP contribution is 2.39. The first kappa shape index (κ1) is 33.7. The number of benzene rings is 6. The fourth-order valence-corrected chi connectivity index (χ4v) is 8.52. The molecule has 5 aromatic heterocycles. The van der Waals surface area contributed by atoms with Crippen LogP contribution in [0.1, 0.15) is 26.3 Å². The molecule has 0 spiro atoms. The molecule has 0 aliphatic carbocycles. The molecule has 0 bridgehead atoms. The van der Waals surface area contributed by atoms with E-state index < -0.39 is 0 Å². The average molecular weight is 754 g/mol. The summed E-state index contributed by atoms with van der Waals surface area (Å²) < 4.78 is 12.6. The van der Waals surface area contributed by atoms with Gasteiger partial charge in [-0.15, -0.1) is 0 Å². The molecule has 0 N–H and O–H groups in total. The van der Waals surface area contributed by atoms with Crippen molar-refractivity contribution in [1.29, 1.82) is 0 Å². The molecule has 11 rings (SSSR count). The highest BCUT2D eigenvalue weighted by atomic mass is 16.5. The summed E-state index contributed by atoms with van der Waals surface area (Å²) in [6, 6.07) is 45.6. The van der Waals surface area contributed by atoms with Gasteiger partial charge in [-0.05, 0) is 113 Å². The zero-order valence-corrected chi connectivity index (χ0v) is 32.0. The molecule has 0 saturated carbocycles. The molecule has 11 aromatic rings. The molecule has 278 valence electrons. The Labute approximate surface area is 331 Å². The molecule has 0 atom stereocenters. The van der Waals surface area contributed by atoms with Crippen molar-refractivity contribution in [3.05, 3.63) is 184 Å². The van der Waals surface area contributed by atoms with Gasteiger partial charge in [0.25, 0.3) is 0 Å². The van der Waals surface area contributed by atoms with Gasteiger partial charge in [-0.25, -0.2) is 9.67 Å². The van der Waals surface area contributed by atoms with Gasteiger partial charge in [0.2, 0.25) is 0 Å². The van der Waals surface area contributed by atoms with Crippen molar-refractivity contribution in [2.24, 2.45) is 0 Å². The Morgan fingerprint density at radius 2 is 1.24 bits per heavy atom. The first-order valence-electron chi connectivity index (χ1n) is 19.3. The van der Waals surface area contributed by atoms with E-state index in [1.807, 2.05) is 109 Å². The lowest BCUT2D eigenvalue weighted by Gasteiger charge is -2.20. The Morgan fingerprint density at radius 3 is 1.95 bits per heavy atom. The van der Waals surface area contributed by atoms with Crippen LogP contribution in [0.3, 0.4) is 0 Å². The highest BCUT2D eigenvalue weighted by Gasteiger charge is 2.21. The summed E-state index contributed by atoms with van der Waals surface area (Å²) in [4.78, 5) is 33.4. The zero-order valence-electron chi connectivity index (χ0n) is 32.0. The molecule has 8 nitrogen and oxygen atoms in total. The van der Waals surface area contributed by atoms with Gasteiger partial charge in [0, 0.05) is 63.0 Å². The van der Waals surface area contributed by atoms with Gasteiger partial charge < -0.3 is 9.14 Å². The van der Waals surface area contributed by atoms with E-state index in [-0.39, 0.29) is 16.3 Å². The fraction of sp³-hybridized carbons (Fsp3) is 0.0800. The van der Waals surface area contributed by atoms with Crippen LogP contribution in [0.2, 0.25) is 0 Å². The number of hydrogen-bond donors (Lipinski definition) is 0. The van der Waals surface area contributed by atoms with Crippen molar-refractivity contribution in [3.8, 4) is 34.1 Å². The maximum Gasteiger partial charge on any atom is 0.197 e. The normalized spacial score (nSPS) is 12.2. The summed E-state index contributed by atoms with van der Waals surface area (Å²) in [5, 5.41) is 8.63. The van der Waals surface area contributed by atoms with Crippen molar-refractivity contribution < 1.29 is 4.74 Å². The number of hydrogen-bond acceptors (Lipinski definition) is 5. The molecular weight excluding hydrogens is 719 g/mol. The topological polar surface area (TPSA) is 83.4 Å². The fourth-order valence-electron chi connectivity index (χ4n) is 8.52. The molecule has 0 aliphatic heterocycles. The number of pyridine rings is 3. The summed E-state index contributed by atoms with van der Waals surface area (Å²) in [6.45, 7) is 6.60. The van der Waals surface area contributed by atoms with Gasteiger partial charge in [-0.2, -0.15) is 5.10 Å². The quantitative estimate of drug-likeness (QED) is 0.129. The predicted octanol–water partition coefficient (Wildman–Crippen LogP) is 11.0. The molecule has 0 radical (unpaired) electrons. The summed E-state index contributed by atoms with van der Waals surface area (Å²) in [5.41, 5.74) is 7.57. The molecule has 8 heteroatoms. The molecule has 6 aromatic carbocycles. The lowest BCUT2D eigenvalue weighted by molar-refractivity contribution is 0.483. The Hall–Kier alpha value is -7.58. The first-order valence-corrected chi connectivity index (χ1v) is 19.3. The van der Waals surface area contributed by atoms with Gasteiger partial charge in [0.05, 0.1) is 33.3 Å². The van der Waals surface area contributed by atoms with Crippen molar-refractivity contribution in [1.82, 2.24) is 23.7 Å². The maximum atomic E-state index is 14.3. The van der Waals surface area contributed by atoms with Gasteiger partial charge in [-0.1, -0.05) is 57.2 Å². The molecular formula is C50H35N5O3. The van der Waals surface area contributed by atoms with Crippen LogP contribution in [0.15, 0.2) is 168 Å². The molecule has 0 unspecified atom stereocenters. The van der Waals surface area contributed by atoms with E-state index in [9.17, 15) is 9.59 Å². The third kappa shape index (κ3) is 5.15. The zero-order chi connectivity index (χ0) is 39.3. The standard InChI is InChI=1S/C50H35N5O3/c1-50(2,3)32-20-22-51-46(27-32)54-44-19-16-30(24-39(44)36-18-17-35(29-45(36)54)58-34-11-8-10-33(28-34)53-23-9-21-52-53)31-25-40-47-41(26-31)49(57)38-13-5-7-15-43(38)55(47)42-14-6-4-12-37(42)48(40)56/h4-29H,1-3H3. The van der Waals surface area contributed by atoms with E-state index in [2.05, 4.69) is 77.3 Å². The highest BCUT2D eigenvalue weighted by molar-refractivity contribution is 6.12. The van der Waals surface area contributed by atoms with Crippen LogP contribution in [-0.2, 0) is 5.41 Å². The third-order valence-electron chi connectivity index (χ3n) is 11.3. The van der Waals surface area contributed by atoms with E-state index in [4.69, 9.17) is 9.72 Å². The molecule has 0 fully saturated rings. The second-order valence-corrected chi connectivity index (χ2v) is 15.9. The maximum absolute atomic E-state index is 14.3. The number of aromatic nitrogens is 5. The van der Waals surface area contributed by atoms with E-state index in [1.165, 1.54) is 5.56 Å². The summed E-state index contributed by atoms with van der Waals surface area (Å²) in [5.74, 6) is 2.16. The lowest BCUT2D eigenvalue weighted by atomic mass is 9.88.